The molecule has 0 N–H and O–H groups in total. The van der Waals surface area contributed by atoms with Crippen molar-refractivity contribution in [2.24, 2.45) is 5.92 Å². The van der Waals surface area contributed by atoms with Gasteiger partial charge in [-0.3, -0.25) is 0 Å². The third-order valence-electron chi connectivity index (χ3n) is 3.04. The Bertz CT molecular complexity index is 178. The average molecular weight is 255 g/mol. The lowest BCUT2D eigenvalue weighted by Crippen LogP contribution is -2.09. The molecule has 0 heterocycles. The zero-order valence-corrected chi connectivity index (χ0v) is 12.5. The quantitative estimate of drug-likeness (QED) is 0.454. The summed E-state index contributed by atoms with van der Waals surface area (Å²) in [6, 6.07) is 0. The van der Waals surface area contributed by atoms with Crippen molar-refractivity contribution in [1.29, 1.82) is 0 Å². The van der Waals surface area contributed by atoms with Gasteiger partial charge in [-0.05, 0) is 38.2 Å². The molecule has 0 aliphatic rings. The molecule has 0 aromatic rings. The molecule has 0 saturated carbocycles. The third-order valence-corrected chi connectivity index (χ3v) is 3.04. The van der Waals surface area contributed by atoms with Gasteiger partial charge in [0.2, 0.25) is 0 Å². The van der Waals surface area contributed by atoms with E-state index in [2.05, 4.69) is 26.0 Å². The van der Waals surface area contributed by atoms with Gasteiger partial charge in [-0.25, -0.2) is 0 Å². The van der Waals surface area contributed by atoms with Crippen molar-refractivity contribution in [3.63, 3.8) is 0 Å². The highest BCUT2D eigenvalue weighted by Crippen LogP contribution is 2.12. The molecule has 18 heavy (non-hydrogen) atoms. The highest BCUT2D eigenvalue weighted by molar-refractivity contribution is 4.73. The molecule has 0 aromatic carbocycles. The van der Waals surface area contributed by atoms with Crippen molar-refractivity contribution in [2.75, 3.05) is 26.4 Å². The molecule has 0 rings (SSSR count). The van der Waals surface area contributed by atoms with Gasteiger partial charge in [-0.2, -0.15) is 0 Å². The van der Waals surface area contributed by atoms with Crippen LogP contribution in [0.5, 0.6) is 0 Å². The van der Waals surface area contributed by atoms with Crippen molar-refractivity contribution >= 4 is 0 Å². The summed E-state index contributed by atoms with van der Waals surface area (Å²) >= 11 is 0. The number of unbranched alkanes of at least 4 members (excludes halogenated alkanes) is 1. The second kappa shape index (κ2) is 14.7. The lowest BCUT2D eigenvalue weighted by molar-refractivity contribution is 0.0973. The molecular formula is C16H31O2. The van der Waals surface area contributed by atoms with Crippen LogP contribution < -0.4 is 0 Å². The molecule has 107 valence electrons. The van der Waals surface area contributed by atoms with Crippen LogP contribution in [0.25, 0.3) is 0 Å². The van der Waals surface area contributed by atoms with Crippen molar-refractivity contribution in [1.82, 2.24) is 0 Å². The average Bonchev–Trinajstić information content (AvgIpc) is 2.40. The van der Waals surface area contributed by atoms with E-state index in [1.54, 1.807) is 0 Å². The first kappa shape index (κ1) is 17.7. The van der Waals surface area contributed by atoms with E-state index >= 15 is 0 Å². The first-order valence-corrected chi connectivity index (χ1v) is 7.55. The summed E-state index contributed by atoms with van der Waals surface area (Å²) in [6.07, 6.45) is 12.3. The minimum Gasteiger partial charge on any atom is -0.381 e. The lowest BCUT2D eigenvalue weighted by Gasteiger charge is -2.14. The van der Waals surface area contributed by atoms with Crippen molar-refractivity contribution in [3.8, 4) is 0 Å². The van der Waals surface area contributed by atoms with Crippen LogP contribution in [0.3, 0.4) is 0 Å². The van der Waals surface area contributed by atoms with Gasteiger partial charge >= 0.3 is 0 Å². The van der Waals surface area contributed by atoms with Gasteiger partial charge in [-0.15, -0.1) is 0 Å². The Kier molecular flexibility index (Phi) is 14.4. The molecule has 1 atom stereocenters. The Morgan fingerprint density at radius 2 is 1.94 bits per heavy atom. The molecule has 0 aliphatic carbocycles. The van der Waals surface area contributed by atoms with Crippen LogP contribution >= 0.6 is 0 Å². The summed E-state index contributed by atoms with van der Waals surface area (Å²) in [5.74, 6) is 0.746. The van der Waals surface area contributed by atoms with Crippen LogP contribution in [-0.2, 0) is 9.47 Å². The number of rotatable bonds is 13. The predicted molar refractivity (Wildman–Crippen MR) is 77.7 cm³/mol. The maximum Gasteiger partial charge on any atom is 0.0506 e. The smallest absolute Gasteiger partial charge is 0.0506 e. The summed E-state index contributed by atoms with van der Waals surface area (Å²) in [5, 5.41) is 0. The fourth-order valence-electron chi connectivity index (χ4n) is 1.77. The highest BCUT2D eigenvalue weighted by Gasteiger charge is 2.04. The van der Waals surface area contributed by atoms with Gasteiger partial charge in [0.15, 0.2) is 0 Å². The van der Waals surface area contributed by atoms with E-state index in [0.717, 1.165) is 45.2 Å². The van der Waals surface area contributed by atoms with E-state index in [4.69, 9.17) is 9.47 Å². The fourth-order valence-corrected chi connectivity index (χ4v) is 1.77. The Morgan fingerprint density at radius 3 is 2.61 bits per heavy atom. The van der Waals surface area contributed by atoms with Gasteiger partial charge in [-0.1, -0.05) is 39.2 Å². The number of hydrogen-bond donors (Lipinski definition) is 0. The zero-order chi connectivity index (χ0) is 13.5. The van der Waals surface area contributed by atoms with E-state index in [0.29, 0.717) is 0 Å². The topological polar surface area (TPSA) is 18.5 Å². The second-order valence-electron chi connectivity index (χ2n) is 4.64. The van der Waals surface area contributed by atoms with E-state index < -0.39 is 0 Å². The number of ether oxygens (including phenoxy) is 2. The van der Waals surface area contributed by atoms with E-state index in [1.807, 2.05) is 6.92 Å². The molecule has 0 spiro atoms. The van der Waals surface area contributed by atoms with Crippen LogP contribution in [0.1, 0.15) is 59.3 Å². The van der Waals surface area contributed by atoms with Gasteiger partial charge in [0.1, 0.15) is 0 Å². The van der Waals surface area contributed by atoms with Gasteiger partial charge in [0.05, 0.1) is 13.2 Å². The van der Waals surface area contributed by atoms with Gasteiger partial charge in [0.25, 0.3) is 0 Å². The van der Waals surface area contributed by atoms with Crippen LogP contribution in [0, 0.1) is 12.0 Å². The fraction of sp³-hybridized carbons (Fsp3) is 0.875. The molecule has 1 unspecified atom stereocenters. The van der Waals surface area contributed by atoms with Crippen LogP contribution in [0.4, 0.5) is 0 Å². The highest BCUT2D eigenvalue weighted by atomic mass is 16.5. The maximum atomic E-state index is 5.71. The Hall–Kier alpha value is -0.340. The largest absolute Gasteiger partial charge is 0.381 e. The lowest BCUT2D eigenvalue weighted by atomic mass is 10.0. The van der Waals surface area contributed by atoms with E-state index in [1.165, 1.54) is 25.7 Å². The molecule has 0 aromatic heterocycles. The Balaban J connectivity index is 3.31. The molecule has 2 nitrogen and oxygen atoms in total. The van der Waals surface area contributed by atoms with Crippen molar-refractivity contribution < 1.29 is 9.47 Å². The maximum absolute atomic E-state index is 5.71. The van der Waals surface area contributed by atoms with E-state index in [9.17, 15) is 0 Å². The molecular weight excluding hydrogens is 224 g/mol. The van der Waals surface area contributed by atoms with Crippen molar-refractivity contribution in [2.45, 2.75) is 59.3 Å². The van der Waals surface area contributed by atoms with Gasteiger partial charge < -0.3 is 9.47 Å². The first-order chi connectivity index (χ1) is 8.85. The summed E-state index contributed by atoms with van der Waals surface area (Å²) in [5.41, 5.74) is 0. The molecule has 0 amide bonds. The summed E-state index contributed by atoms with van der Waals surface area (Å²) in [4.78, 5) is 0. The number of hydrogen-bond acceptors (Lipinski definition) is 2. The molecule has 0 saturated heterocycles. The Labute approximate surface area is 114 Å². The molecule has 0 aliphatic heterocycles. The summed E-state index contributed by atoms with van der Waals surface area (Å²) in [6.45, 7) is 9.83. The van der Waals surface area contributed by atoms with E-state index in [-0.39, 0.29) is 0 Å². The molecule has 2 heteroatoms. The summed E-state index contributed by atoms with van der Waals surface area (Å²) in [7, 11) is 0. The third kappa shape index (κ3) is 12.1. The monoisotopic (exact) mass is 255 g/mol. The minimum absolute atomic E-state index is 0.746. The van der Waals surface area contributed by atoms with Crippen LogP contribution in [-0.4, -0.2) is 26.4 Å². The first-order valence-electron chi connectivity index (χ1n) is 7.55. The van der Waals surface area contributed by atoms with Crippen LogP contribution in [0.2, 0.25) is 0 Å². The molecule has 0 bridgehead atoms. The normalized spacial score (nSPS) is 13.3. The summed E-state index contributed by atoms with van der Waals surface area (Å²) < 4.78 is 10.9. The Morgan fingerprint density at radius 1 is 1.11 bits per heavy atom. The van der Waals surface area contributed by atoms with Crippen molar-refractivity contribution in [3.05, 3.63) is 12.2 Å². The second-order valence-corrected chi connectivity index (χ2v) is 4.64. The zero-order valence-electron chi connectivity index (χ0n) is 12.5. The van der Waals surface area contributed by atoms with Gasteiger partial charge in [0, 0.05) is 13.2 Å². The SMILES string of the molecule is CCCCC(CC)COCC/C=[C]/CCOCC. The predicted octanol–water partition coefficient (Wildman–Crippen LogP) is 4.40. The van der Waals surface area contributed by atoms with Crippen LogP contribution in [0.15, 0.2) is 6.08 Å². The standard InChI is InChI=1S/C16H31O2/c1-4-7-12-16(5-2)15-18-14-11-9-8-10-13-17-6-3/h9,16H,4-7,10-15H2,1-3H3. The molecule has 0 fully saturated rings. The minimum atomic E-state index is 0.746. The molecule has 1 radical (unpaired) electrons.